The predicted octanol–water partition coefficient (Wildman–Crippen LogP) is 4.53. The number of benzene rings is 1. The lowest BCUT2D eigenvalue weighted by Gasteiger charge is -2.36. The second kappa shape index (κ2) is 7.32. The summed E-state index contributed by atoms with van der Waals surface area (Å²) in [6.45, 7) is 1.03. The molecular formula is C22H20ClF3N4. The number of alkyl halides is 3. The second-order valence-corrected chi connectivity index (χ2v) is 8.16. The highest BCUT2D eigenvalue weighted by Gasteiger charge is 2.41. The first-order chi connectivity index (χ1) is 14.4. The summed E-state index contributed by atoms with van der Waals surface area (Å²) in [5.41, 5.74) is 3.01. The van der Waals surface area contributed by atoms with Gasteiger partial charge in [0.25, 0.3) is 5.92 Å². The van der Waals surface area contributed by atoms with Crippen LogP contribution in [-0.2, 0) is 0 Å². The summed E-state index contributed by atoms with van der Waals surface area (Å²) in [6.07, 6.45) is 5.14. The minimum atomic E-state index is -2.78. The Balaban J connectivity index is 1.73. The van der Waals surface area contributed by atoms with Crippen molar-refractivity contribution >= 4 is 23.1 Å². The van der Waals surface area contributed by atoms with Crippen LogP contribution in [0.4, 0.5) is 24.7 Å². The lowest BCUT2D eigenvalue weighted by molar-refractivity contribution is 0.0257. The SMILES string of the molecule is Fc1ccccc1-c1ccnc(N2CCC(F)(F)C2)c1N1C2=C(C=CC1Cl)CNC2. The number of anilines is 2. The number of hydrogen-bond acceptors (Lipinski definition) is 4. The molecule has 1 N–H and O–H groups in total. The Hall–Kier alpha value is -2.51. The van der Waals surface area contributed by atoms with E-state index in [0.29, 0.717) is 35.7 Å². The van der Waals surface area contributed by atoms with Gasteiger partial charge in [0, 0.05) is 49.1 Å². The lowest BCUT2D eigenvalue weighted by Crippen LogP contribution is -2.36. The van der Waals surface area contributed by atoms with Gasteiger partial charge in [-0.1, -0.05) is 35.9 Å². The fraction of sp³-hybridized carbons (Fsp3) is 0.318. The molecule has 1 unspecified atom stereocenters. The molecule has 1 atom stereocenters. The molecule has 4 heterocycles. The number of aromatic nitrogens is 1. The molecule has 5 rings (SSSR count). The largest absolute Gasteiger partial charge is 0.349 e. The average molecular weight is 433 g/mol. The first kappa shape index (κ1) is 19.5. The standard InChI is InChI=1S/C22H20ClF3N4/c23-19-6-5-14-11-27-12-18(14)30(19)20-16(15-3-1-2-4-17(15)24)7-9-28-21(20)29-10-8-22(25,26)13-29/h1-7,9,19,27H,8,10-13H2. The number of hydrogen-bond donors (Lipinski definition) is 1. The lowest BCUT2D eigenvalue weighted by atomic mass is 10.0. The topological polar surface area (TPSA) is 31.4 Å². The van der Waals surface area contributed by atoms with E-state index >= 15 is 0 Å². The van der Waals surface area contributed by atoms with Gasteiger partial charge in [-0.3, -0.25) is 0 Å². The molecule has 0 saturated carbocycles. The summed E-state index contributed by atoms with van der Waals surface area (Å²) >= 11 is 6.71. The van der Waals surface area contributed by atoms with Gasteiger partial charge in [-0.15, -0.1) is 0 Å². The van der Waals surface area contributed by atoms with Crippen molar-refractivity contribution in [2.45, 2.75) is 17.8 Å². The number of halogens is 4. The summed E-state index contributed by atoms with van der Waals surface area (Å²) in [4.78, 5) is 7.94. The molecule has 3 aliphatic rings. The Morgan fingerprint density at radius 3 is 2.73 bits per heavy atom. The van der Waals surface area contributed by atoms with Crippen LogP contribution in [0.25, 0.3) is 11.1 Å². The van der Waals surface area contributed by atoms with E-state index in [0.717, 1.165) is 11.3 Å². The van der Waals surface area contributed by atoms with Crippen LogP contribution in [0.1, 0.15) is 6.42 Å². The Morgan fingerprint density at radius 2 is 1.97 bits per heavy atom. The number of nitrogens with one attached hydrogen (secondary N) is 1. The van der Waals surface area contributed by atoms with E-state index in [1.807, 2.05) is 17.1 Å². The monoisotopic (exact) mass is 432 g/mol. The quantitative estimate of drug-likeness (QED) is 0.570. The summed E-state index contributed by atoms with van der Waals surface area (Å²) in [7, 11) is 0. The normalized spacial score (nSPS) is 22.7. The van der Waals surface area contributed by atoms with Gasteiger partial charge < -0.3 is 15.1 Å². The van der Waals surface area contributed by atoms with E-state index in [1.165, 1.54) is 6.07 Å². The van der Waals surface area contributed by atoms with Gasteiger partial charge in [-0.05, 0) is 23.8 Å². The van der Waals surface area contributed by atoms with Crippen molar-refractivity contribution < 1.29 is 13.2 Å². The maximum absolute atomic E-state index is 14.8. The van der Waals surface area contributed by atoms with Crippen molar-refractivity contribution in [2.75, 3.05) is 36.0 Å². The number of pyridine rings is 1. The Labute approximate surface area is 177 Å². The molecule has 1 aromatic heterocycles. The molecule has 0 amide bonds. The van der Waals surface area contributed by atoms with Gasteiger partial charge in [0.05, 0.1) is 12.2 Å². The number of rotatable bonds is 3. The molecule has 4 nitrogen and oxygen atoms in total. The molecule has 8 heteroatoms. The molecule has 30 heavy (non-hydrogen) atoms. The van der Waals surface area contributed by atoms with Crippen LogP contribution in [0.3, 0.4) is 0 Å². The summed E-state index contributed by atoms with van der Waals surface area (Å²) in [6, 6.07) is 8.16. The van der Waals surface area contributed by atoms with Crippen LogP contribution in [0, 0.1) is 5.82 Å². The van der Waals surface area contributed by atoms with Crippen molar-refractivity contribution in [2.24, 2.45) is 0 Å². The second-order valence-electron chi connectivity index (χ2n) is 7.72. The van der Waals surface area contributed by atoms with Crippen LogP contribution in [0.5, 0.6) is 0 Å². The van der Waals surface area contributed by atoms with Gasteiger partial charge in [0.15, 0.2) is 5.82 Å². The van der Waals surface area contributed by atoms with Crippen molar-refractivity contribution in [3.05, 3.63) is 65.8 Å². The Bertz CT molecular complexity index is 1050. The highest BCUT2D eigenvalue weighted by molar-refractivity contribution is 6.24. The molecule has 0 bridgehead atoms. The third-order valence-electron chi connectivity index (χ3n) is 5.75. The average Bonchev–Trinajstić information content (AvgIpc) is 3.34. The Kier molecular flexibility index (Phi) is 4.75. The van der Waals surface area contributed by atoms with E-state index in [4.69, 9.17) is 11.6 Å². The minimum absolute atomic E-state index is 0.175. The number of nitrogens with zero attached hydrogens (tertiary/aromatic N) is 3. The zero-order valence-corrected chi connectivity index (χ0v) is 16.8. The minimum Gasteiger partial charge on any atom is -0.349 e. The van der Waals surface area contributed by atoms with Crippen LogP contribution in [0.2, 0.25) is 0 Å². The van der Waals surface area contributed by atoms with Crippen molar-refractivity contribution in [1.82, 2.24) is 10.3 Å². The summed E-state index contributed by atoms with van der Waals surface area (Å²) in [5.74, 6) is -2.78. The van der Waals surface area contributed by atoms with Crippen LogP contribution in [-0.4, -0.2) is 42.6 Å². The molecular weight excluding hydrogens is 413 g/mol. The fourth-order valence-corrected chi connectivity index (χ4v) is 4.63. The molecule has 2 aromatic rings. The third kappa shape index (κ3) is 3.26. The fourth-order valence-electron chi connectivity index (χ4n) is 4.34. The van der Waals surface area contributed by atoms with Crippen molar-refractivity contribution in [3.63, 3.8) is 0 Å². The van der Waals surface area contributed by atoms with Gasteiger partial charge in [-0.2, -0.15) is 0 Å². The highest BCUT2D eigenvalue weighted by atomic mass is 35.5. The molecule has 0 spiro atoms. The Morgan fingerprint density at radius 1 is 1.13 bits per heavy atom. The summed E-state index contributed by atoms with van der Waals surface area (Å²) in [5, 5.41) is 3.30. The molecule has 0 radical (unpaired) electrons. The highest BCUT2D eigenvalue weighted by Crippen LogP contribution is 2.45. The van der Waals surface area contributed by atoms with Gasteiger partial charge in [0.1, 0.15) is 11.3 Å². The predicted molar refractivity (Wildman–Crippen MR) is 113 cm³/mol. The van der Waals surface area contributed by atoms with E-state index in [2.05, 4.69) is 10.3 Å². The van der Waals surface area contributed by atoms with Crippen LogP contribution >= 0.6 is 11.6 Å². The summed E-state index contributed by atoms with van der Waals surface area (Å²) < 4.78 is 42.8. The maximum Gasteiger partial charge on any atom is 0.266 e. The van der Waals surface area contributed by atoms with Crippen molar-refractivity contribution in [3.8, 4) is 11.1 Å². The van der Waals surface area contributed by atoms with Crippen molar-refractivity contribution in [1.29, 1.82) is 0 Å². The molecule has 0 aliphatic carbocycles. The smallest absolute Gasteiger partial charge is 0.266 e. The van der Waals surface area contributed by atoms with Gasteiger partial charge >= 0.3 is 0 Å². The zero-order valence-electron chi connectivity index (χ0n) is 16.1. The maximum atomic E-state index is 14.8. The molecule has 156 valence electrons. The van der Waals surface area contributed by atoms with E-state index in [1.54, 1.807) is 35.4 Å². The zero-order chi connectivity index (χ0) is 20.9. The van der Waals surface area contributed by atoms with Gasteiger partial charge in [0.2, 0.25) is 0 Å². The molecule has 1 saturated heterocycles. The first-order valence-corrected chi connectivity index (χ1v) is 10.3. The molecule has 1 fully saturated rings. The van der Waals surface area contributed by atoms with E-state index < -0.39 is 18.0 Å². The molecule has 1 aromatic carbocycles. The molecule has 3 aliphatic heterocycles. The first-order valence-electron chi connectivity index (χ1n) is 9.85. The van der Waals surface area contributed by atoms with Crippen LogP contribution < -0.4 is 15.1 Å². The van der Waals surface area contributed by atoms with Crippen LogP contribution in [0.15, 0.2) is 60.0 Å². The van der Waals surface area contributed by atoms with E-state index in [-0.39, 0.29) is 18.8 Å². The van der Waals surface area contributed by atoms with E-state index in [9.17, 15) is 13.2 Å². The van der Waals surface area contributed by atoms with Gasteiger partial charge in [-0.25, -0.2) is 18.2 Å². The third-order valence-corrected chi connectivity index (χ3v) is 6.09.